The van der Waals surface area contributed by atoms with Crippen molar-refractivity contribution < 1.29 is 4.74 Å². The highest BCUT2D eigenvalue weighted by atomic mass is 16.5. The van der Waals surface area contributed by atoms with Crippen molar-refractivity contribution in [2.75, 3.05) is 5.32 Å². The van der Waals surface area contributed by atoms with Crippen molar-refractivity contribution in [3.8, 4) is 5.75 Å². The highest BCUT2D eigenvalue weighted by Crippen LogP contribution is 2.26. The number of fused-ring (bicyclic) bond motifs is 1. The summed E-state index contributed by atoms with van der Waals surface area (Å²) in [5.74, 6) is 0.880. The van der Waals surface area contributed by atoms with Crippen LogP contribution in [-0.4, -0.2) is 16.1 Å². The number of aromatic amines is 1. The van der Waals surface area contributed by atoms with Crippen molar-refractivity contribution in [1.29, 1.82) is 0 Å². The summed E-state index contributed by atoms with van der Waals surface area (Å²) in [7, 11) is 0. The van der Waals surface area contributed by atoms with E-state index in [-0.39, 0.29) is 6.10 Å². The Hall–Kier alpha value is -2.49. The number of hydrogen-bond donors (Lipinski definition) is 2. The Bertz CT molecular complexity index is 733. The van der Waals surface area contributed by atoms with Gasteiger partial charge in [-0.3, -0.25) is 0 Å². The number of anilines is 1. The van der Waals surface area contributed by atoms with Crippen LogP contribution in [0.25, 0.3) is 11.0 Å². The highest BCUT2D eigenvalue weighted by molar-refractivity contribution is 5.79. The summed E-state index contributed by atoms with van der Waals surface area (Å²) in [5, 5.41) is 4.59. The first kappa shape index (κ1) is 13.5. The second-order valence-corrected chi connectivity index (χ2v) is 5.23. The number of rotatable bonds is 5. The molecule has 2 aromatic heterocycles. The van der Waals surface area contributed by atoms with Crippen LogP contribution in [0.2, 0.25) is 0 Å². The van der Waals surface area contributed by atoms with Gasteiger partial charge in [-0.2, -0.15) is 0 Å². The van der Waals surface area contributed by atoms with E-state index in [9.17, 15) is 0 Å². The third-order valence-electron chi connectivity index (χ3n) is 3.26. The summed E-state index contributed by atoms with van der Waals surface area (Å²) in [5.41, 5.74) is 3.11. The fourth-order valence-electron chi connectivity index (χ4n) is 2.32. The lowest BCUT2D eigenvalue weighted by Gasteiger charge is -2.15. The molecule has 0 radical (unpaired) electrons. The van der Waals surface area contributed by atoms with E-state index >= 15 is 0 Å². The fourth-order valence-corrected chi connectivity index (χ4v) is 2.32. The van der Waals surface area contributed by atoms with Gasteiger partial charge in [-0.15, -0.1) is 0 Å². The minimum atomic E-state index is 0.158. The Morgan fingerprint density at radius 3 is 2.90 bits per heavy atom. The van der Waals surface area contributed by atoms with Crippen molar-refractivity contribution in [1.82, 2.24) is 9.97 Å². The maximum Gasteiger partial charge on any atom is 0.142 e. The minimum Gasteiger partial charge on any atom is -0.489 e. The van der Waals surface area contributed by atoms with Crippen molar-refractivity contribution in [2.45, 2.75) is 26.5 Å². The van der Waals surface area contributed by atoms with E-state index in [4.69, 9.17) is 4.74 Å². The van der Waals surface area contributed by atoms with Gasteiger partial charge in [0.1, 0.15) is 11.4 Å². The number of nitrogens with zero attached hydrogens (tertiary/aromatic N) is 1. The maximum atomic E-state index is 5.82. The van der Waals surface area contributed by atoms with Gasteiger partial charge in [0, 0.05) is 24.3 Å². The number of ether oxygens (including phenoxy) is 1. The lowest BCUT2D eigenvalue weighted by molar-refractivity contribution is 0.243. The van der Waals surface area contributed by atoms with Gasteiger partial charge in [0.15, 0.2) is 0 Å². The Balaban J connectivity index is 1.79. The molecule has 0 bridgehead atoms. The van der Waals surface area contributed by atoms with Crippen molar-refractivity contribution >= 4 is 16.7 Å². The van der Waals surface area contributed by atoms with Crippen LogP contribution < -0.4 is 10.1 Å². The molecule has 0 saturated carbocycles. The molecule has 108 valence electrons. The SMILES string of the molecule is CC(C)Oc1ccccc1NCc1c[nH]c2ncccc12. The second-order valence-electron chi connectivity index (χ2n) is 5.23. The molecule has 2 N–H and O–H groups in total. The van der Waals surface area contributed by atoms with Crippen molar-refractivity contribution in [2.24, 2.45) is 0 Å². The Morgan fingerprint density at radius 1 is 1.19 bits per heavy atom. The topological polar surface area (TPSA) is 49.9 Å². The molecule has 0 fully saturated rings. The first-order valence-electron chi connectivity index (χ1n) is 7.14. The molecule has 2 heterocycles. The molecule has 4 nitrogen and oxygen atoms in total. The van der Waals surface area contributed by atoms with E-state index in [0.717, 1.165) is 29.0 Å². The third-order valence-corrected chi connectivity index (χ3v) is 3.26. The zero-order valence-corrected chi connectivity index (χ0v) is 12.3. The summed E-state index contributed by atoms with van der Waals surface area (Å²) >= 11 is 0. The summed E-state index contributed by atoms with van der Waals surface area (Å²) < 4.78 is 5.82. The Labute approximate surface area is 124 Å². The van der Waals surface area contributed by atoms with Gasteiger partial charge in [-0.05, 0) is 43.7 Å². The molecular weight excluding hydrogens is 262 g/mol. The van der Waals surface area contributed by atoms with E-state index in [2.05, 4.69) is 21.4 Å². The lowest BCUT2D eigenvalue weighted by Crippen LogP contribution is -2.08. The predicted molar refractivity (Wildman–Crippen MR) is 85.6 cm³/mol. The molecule has 0 unspecified atom stereocenters. The van der Waals surface area contributed by atoms with E-state index in [1.54, 1.807) is 6.20 Å². The molecule has 0 aliphatic carbocycles. The molecule has 0 amide bonds. The Morgan fingerprint density at radius 2 is 2.05 bits per heavy atom. The summed E-state index contributed by atoms with van der Waals surface area (Å²) in [6.45, 7) is 4.79. The molecule has 3 aromatic rings. The summed E-state index contributed by atoms with van der Waals surface area (Å²) in [6, 6.07) is 12.0. The molecule has 0 aliphatic rings. The van der Waals surface area contributed by atoms with Gasteiger partial charge >= 0.3 is 0 Å². The van der Waals surface area contributed by atoms with Gasteiger partial charge in [0.2, 0.25) is 0 Å². The van der Waals surface area contributed by atoms with E-state index in [1.807, 2.05) is 50.4 Å². The average Bonchev–Trinajstić information content (AvgIpc) is 2.89. The van der Waals surface area contributed by atoms with E-state index in [0.29, 0.717) is 0 Å². The molecule has 1 aromatic carbocycles. The summed E-state index contributed by atoms with van der Waals surface area (Å²) in [4.78, 5) is 7.49. The molecule has 4 heteroatoms. The number of H-pyrrole nitrogens is 1. The third kappa shape index (κ3) is 2.99. The van der Waals surface area contributed by atoms with Crippen LogP contribution in [0.1, 0.15) is 19.4 Å². The van der Waals surface area contributed by atoms with Gasteiger partial charge in [0.05, 0.1) is 11.8 Å². The van der Waals surface area contributed by atoms with Gasteiger partial charge < -0.3 is 15.0 Å². The van der Waals surface area contributed by atoms with E-state index in [1.165, 1.54) is 5.56 Å². The fraction of sp³-hybridized carbons (Fsp3) is 0.235. The van der Waals surface area contributed by atoms with Crippen molar-refractivity contribution in [3.05, 3.63) is 54.4 Å². The minimum absolute atomic E-state index is 0.158. The zero-order chi connectivity index (χ0) is 14.7. The number of para-hydroxylation sites is 2. The standard InChI is InChI=1S/C17H19N3O/c1-12(2)21-16-8-4-3-7-15(16)19-10-13-11-20-17-14(13)6-5-9-18-17/h3-9,11-12,19H,10H2,1-2H3,(H,18,20). The molecule has 0 atom stereocenters. The smallest absolute Gasteiger partial charge is 0.142 e. The largest absolute Gasteiger partial charge is 0.489 e. The summed E-state index contributed by atoms with van der Waals surface area (Å²) in [6.07, 6.45) is 3.95. The van der Waals surface area contributed by atoms with Crippen LogP contribution in [0.3, 0.4) is 0 Å². The van der Waals surface area contributed by atoms with Gasteiger partial charge in [-0.1, -0.05) is 12.1 Å². The van der Waals surface area contributed by atoms with Gasteiger partial charge in [0.25, 0.3) is 0 Å². The van der Waals surface area contributed by atoms with Crippen molar-refractivity contribution in [3.63, 3.8) is 0 Å². The van der Waals surface area contributed by atoms with E-state index < -0.39 is 0 Å². The highest BCUT2D eigenvalue weighted by Gasteiger charge is 2.07. The predicted octanol–water partition coefficient (Wildman–Crippen LogP) is 3.96. The quantitative estimate of drug-likeness (QED) is 0.744. The molecule has 0 aliphatic heterocycles. The normalized spacial score (nSPS) is 11.0. The molecule has 21 heavy (non-hydrogen) atoms. The lowest BCUT2D eigenvalue weighted by atomic mass is 10.2. The van der Waals surface area contributed by atoms with Gasteiger partial charge in [-0.25, -0.2) is 4.98 Å². The van der Waals surface area contributed by atoms with Crippen LogP contribution in [0.4, 0.5) is 5.69 Å². The number of pyridine rings is 1. The Kier molecular flexibility index (Phi) is 3.77. The average molecular weight is 281 g/mol. The van der Waals surface area contributed by atoms with Crippen LogP contribution >= 0.6 is 0 Å². The number of aromatic nitrogens is 2. The van der Waals surface area contributed by atoms with Crippen LogP contribution in [0, 0.1) is 0 Å². The maximum absolute atomic E-state index is 5.82. The first-order valence-corrected chi connectivity index (χ1v) is 7.14. The second kappa shape index (κ2) is 5.87. The monoisotopic (exact) mass is 281 g/mol. The van der Waals surface area contributed by atoms with Crippen LogP contribution in [0.15, 0.2) is 48.8 Å². The number of nitrogens with one attached hydrogen (secondary N) is 2. The molecule has 0 saturated heterocycles. The number of benzene rings is 1. The molecule has 0 spiro atoms. The molecule has 3 rings (SSSR count). The van der Waals surface area contributed by atoms with Crippen LogP contribution in [0.5, 0.6) is 5.75 Å². The molecular formula is C17H19N3O. The zero-order valence-electron chi connectivity index (χ0n) is 12.3. The number of hydrogen-bond acceptors (Lipinski definition) is 3. The first-order chi connectivity index (χ1) is 10.2. The van der Waals surface area contributed by atoms with Crippen LogP contribution in [-0.2, 0) is 6.54 Å².